The van der Waals surface area contributed by atoms with E-state index in [1.807, 2.05) is 18.2 Å². The van der Waals surface area contributed by atoms with Crippen molar-refractivity contribution in [2.75, 3.05) is 36.4 Å². The van der Waals surface area contributed by atoms with Crippen molar-refractivity contribution in [2.24, 2.45) is 0 Å². The Morgan fingerprint density at radius 2 is 1.76 bits per heavy atom. The van der Waals surface area contributed by atoms with E-state index in [1.165, 1.54) is 12.1 Å². The van der Waals surface area contributed by atoms with E-state index < -0.39 is 0 Å². The molecule has 1 saturated heterocycles. The molecule has 1 fully saturated rings. The van der Waals surface area contributed by atoms with Gasteiger partial charge < -0.3 is 15.1 Å². The molecule has 29 heavy (non-hydrogen) atoms. The molecule has 1 aliphatic rings. The van der Waals surface area contributed by atoms with Crippen molar-refractivity contribution in [3.63, 3.8) is 0 Å². The van der Waals surface area contributed by atoms with Crippen LogP contribution in [0.3, 0.4) is 0 Å². The SMILES string of the molecule is O=C(c1ccc(NCc2ccc(F)cc2)nn1)N1CCN(c2ccccn2)CC1. The van der Waals surface area contributed by atoms with Gasteiger partial charge in [-0.1, -0.05) is 18.2 Å². The zero-order valence-electron chi connectivity index (χ0n) is 15.8. The van der Waals surface area contributed by atoms with Gasteiger partial charge in [-0.3, -0.25) is 4.79 Å². The molecule has 1 aromatic carbocycles. The lowest BCUT2D eigenvalue weighted by molar-refractivity contribution is 0.0739. The molecule has 0 atom stereocenters. The zero-order chi connectivity index (χ0) is 20.1. The summed E-state index contributed by atoms with van der Waals surface area (Å²) in [4.78, 5) is 21.0. The number of nitrogens with one attached hydrogen (secondary N) is 1. The third-order valence-corrected chi connectivity index (χ3v) is 4.81. The molecule has 0 unspecified atom stereocenters. The van der Waals surface area contributed by atoms with Crippen LogP contribution in [-0.2, 0) is 6.54 Å². The highest BCUT2D eigenvalue weighted by atomic mass is 19.1. The lowest BCUT2D eigenvalue weighted by Gasteiger charge is -2.35. The minimum Gasteiger partial charge on any atom is -0.365 e. The molecule has 3 aromatic rings. The number of piperazine rings is 1. The maximum atomic E-state index is 12.9. The van der Waals surface area contributed by atoms with Gasteiger partial charge in [-0.2, -0.15) is 0 Å². The number of hydrogen-bond acceptors (Lipinski definition) is 6. The maximum absolute atomic E-state index is 12.9. The predicted octanol–water partition coefficient (Wildman–Crippen LogP) is 2.59. The Morgan fingerprint density at radius 3 is 2.41 bits per heavy atom. The van der Waals surface area contributed by atoms with Gasteiger partial charge in [0.25, 0.3) is 5.91 Å². The van der Waals surface area contributed by atoms with Crippen LogP contribution in [0.5, 0.6) is 0 Å². The number of halogens is 1. The number of rotatable bonds is 5. The van der Waals surface area contributed by atoms with E-state index in [9.17, 15) is 9.18 Å². The fraction of sp³-hybridized carbons (Fsp3) is 0.238. The normalized spacial score (nSPS) is 14.0. The first kappa shape index (κ1) is 18.8. The van der Waals surface area contributed by atoms with E-state index in [-0.39, 0.29) is 11.7 Å². The summed E-state index contributed by atoms with van der Waals surface area (Å²) in [5.74, 6) is 1.10. The van der Waals surface area contributed by atoms with Crippen LogP contribution in [-0.4, -0.2) is 52.2 Å². The average Bonchev–Trinajstić information content (AvgIpc) is 2.79. The van der Waals surface area contributed by atoms with Gasteiger partial charge in [0, 0.05) is 38.9 Å². The summed E-state index contributed by atoms with van der Waals surface area (Å²) < 4.78 is 12.9. The number of aromatic nitrogens is 3. The lowest BCUT2D eigenvalue weighted by Crippen LogP contribution is -2.49. The Hall–Kier alpha value is -3.55. The first-order chi connectivity index (χ1) is 14.2. The first-order valence-corrected chi connectivity index (χ1v) is 9.46. The summed E-state index contributed by atoms with van der Waals surface area (Å²) >= 11 is 0. The molecule has 3 heterocycles. The van der Waals surface area contributed by atoms with Gasteiger partial charge in [0.1, 0.15) is 17.5 Å². The summed E-state index contributed by atoms with van der Waals surface area (Å²) in [6, 6.07) is 15.5. The van der Waals surface area contributed by atoms with Crippen molar-refractivity contribution < 1.29 is 9.18 Å². The van der Waals surface area contributed by atoms with E-state index in [0.29, 0.717) is 31.1 Å². The Balaban J connectivity index is 1.31. The van der Waals surface area contributed by atoms with Crippen LogP contribution in [0.25, 0.3) is 0 Å². The Labute approximate surface area is 168 Å². The summed E-state index contributed by atoms with van der Waals surface area (Å²) in [6.07, 6.45) is 1.77. The van der Waals surface area contributed by atoms with Crippen LogP contribution < -0.4 is 10.2 Å². The van der Waals surface area contributed by atoms with Crippen molar-refractivity contribution in [2.45, 2.75) is 6.54 Å². The molecule has 0 bridgehead atoms. The Morgan fingerprint density at radius 1 is 0.966 bits per heavy atom. The van der Waals surface area contributed by atoms with Crippen LogP contribution in [0.15, 0.2) is 60.8 Å². The maximum Gasteiger partial charge on any atom is 0.274 e. The number of anilines is 2. The quantitative estimate of drug-likeness (QED) is 0.720. The van der Waals surface area contributed by atoms with Crippen LogP contribution in [0.2, 0.25) is 0 Å². The summed E-state index contributed by atoms with van der Waals surface area (Å²) in [5, 5.41) is 11.3. The van der Waals surface area contributed by atoms with Gasteiger partial charge in [0.15, 0.2) is 5.69 Å². The van der Waals surface area contributed by atoms with Crippen molar-refractivity contribution in [1.29, 1.82) is 0 Å². The molecule has 148 valence electrons. The third kappa shape index (κ3) is 4.66. The van der Waals surface area contributed by atoms with E-state index in [0.717, 1.165) is 24.5 Å². The number of hydrogen-bond donors (Lipinski definition) is 1. The van der Waals surface area contributed by atoms with Gasteiger partial charge in [-0.25, -0.2) is 9.37 Å². The van der Waals surface area contributed by atoms with Crippen LogP contribution in [0.1, 0.15) is 16.1 Å². The van der Waals surface area contributed by atoms with Crippen LogP contribution >= 0.6 is 0 Å². The minimum absolute atomic E-state index is 0.122. The van der Waals surface area contributed by atoms with Crippen LogP contribution in [0, 0.1) is 5.82 Å². The lowest BCUT2D eigenvalue weighted by atomic mass is 10.2. The standard InChI is InChI=1S/C21H21FN6O/c22-17-6-4-16(5-7-17)15-24-19-9-8-18(25-26-19)21(29)28-13-11-27(12-14-28)20-3-1-2-10-23-20/h1-10H,11-15H2,(H,24,26). The molecule has 1 N–H and O–H groups in total. The molecule has 0 spiro atoms. The Kier molecular flexibility index (Phi) is 5.60. The number of carbonyl (C=O) groups excluding carboxylic acids is 1. The highest BCUT2D eigenvalue weighted by Crippen LogP contribution is 2.14. The largest absolute Gasteiger partial charge is 0.365 e. The second kappa shape index (κ2) is 8.64. The smallest absolute Gasteiger partial charge is 0.274 e. The number of pyridine rings is 1. The van der Waals surface area contributed by atoms with Gasteiger partial charge in [0.05, 0.1) is 0 Å². The molecule has 0 radical (unpaired) electrons. The van der Waals surface area contributed by atoms with E-state index in [4.69, 9.17) is 0 Å². The molecule has 1 aliphatic heterocycles. The first-order valence-electron chi connectivity index (χ1n) is 9.46. The fourth-order valence-corrected chi connectivity index (χ4v) is 3.18. The van der Waals surface area contributed by atoms with Crippen molar-refractivity contribution >= 4 is 17.5 Å². The summed E-state index contributed by atoms with van der Waals surface area (Å²) in [7, 11) is 0. The highest BCUT2D eigenvalue weighted by Gasteiger charge is 2.23. The number of amides is 1. The summed E-state index contributed by atoms with van der Waals surface area (Å²) in [5.41, 5.74) is 1.25. The molecule has 0 aliphatic carbocycles. The predicted molar refractivity (Wildman–Crippen MR) is 108 cm³/mol. The summed E-state index contributed by atoms with van der Waals surface area (Å²) in [6.45, 7) is 3.18. The van der Waals surface area contributed by atoms with Crippen molar-refractivity contribution in [3.05, 3.63) is 77.9 Å². The molecule has 0 saturated carbocycles. The topological polar surface area (TPSA) is 74.2 Å². The molecule has 2 aromatic heterocycles. The molecule has 4 rings (SSSR count). The van der Waals surface area contributed by atoms with E-state index in [2.05, 4.69) is 25.4 Å². The van der Waals surface area contributed by atoms with Crippen molar-refractivity contribution in [1.82, 2.24) is 20.1 Å². The minimum atomic E-state index is -0.266. The molecule has 8 heteroatoms. The van der Waals surface area contributed by atoms with E-state index in [1.54, 1.807) is 35.4 Å². The Bertz CT molecular complexity index is 941. The number of nitrogens with zero attached hydrogens (tertiary/aromatic N) is 5. The molecule has 7 nitrogen and oxygen atoms in total. The van der Waals surface area contributed by atoms with Gasteiger partial charge in [-0.15, -0.1) is 10.2 Å². The zero-order valence-corrected chi connectivity index (χ0v) is 15.8. The second-order valence-corrected chi connectivity index (χ2v) is 6.75. The number of benzene rings is 1. The highest BCUT2D eigenvalue weighted by molar-refractivity contribution is 5.92. The third-order valence-electron chi connectivity index (χ3n) is 4.81. The molecule has 1 amide bonds. The van der Waals surface area contributed by atoms with Gasteiger partial charge >= 0.3 is 0 Å². The van der Waals surface area contributed by atoms with Crippen molar-refractivity contribution in [3.8, 4) is 0 Å². The molecular formula is C21H21FN6O. The monoisotopic (exact) mass is 392 g/mol. The van der Waals surface area contributed by atoms with E-state index >= 15 is 0 Å². The average molecular weight is 392 g/mol. The molecular weight excluding hydrogens is 371 g/mol. The van der Waals surface area contributed by atoms with Gasteiger partial charge in [-0.05, 0) is 42.0 Å². The fourth-order valence-electron chi connectivity index (χ4n) is 3.18. The number of carbonyl (C=O) groups is 1. The van der Waals surface area contributed by atoms with Crippen LogP contribution in [0.4, 0.5) is 16.0 Å². The van der Waals surface area contributed by atoms with Gasteiger partial charge in [0.2, 0.25) is 0 Å². The second-order valence-electron chi connectivity index (χ2n) is 6.75.